The van der Waals surface area contributed by atoms with Gasteiger partial charge in [0.05, 0.1) is 13.7 Å². The van der Waals surface area contributed by atoms with E-state index in [0.717, 1.165) is 23.3 Å². The Balaban J connectivity index is 3.08. The van der Waals surface area contributed by atoms with Gasteiger partial charge in [-0.05, 0) is 41.7 Å². The van der Waals surface area contributed by atoms with Crippen molar-refractivity contribution in [2.45, 2.75) is 66.2 Å². The molecule has 0 fully saturated rings. The van der Waals surface area contributed by atoms with Crippen molar-refractivity contribution in [3.63, 3.8) is 0 Å². The topological polar surface area (TPSA) is 55.8 Å². The van der Waals surface area contributed by atoms with Crippen LogP contribution >= 0.6 is 0 Å². The first kappa shape index (κ1) is 21.5. The van der Waals surface area contributed by atoms with Crippen LogP contribution in [0.2, 0.25) is 0 Å². The van der Waals surface area contributed by atoms with Crippen LogP contribution in [0, 0.1) is 12.3 Å². The molecule has 1 aromatic rings. The highest BCUT2D eigenvalue weighted by molar-refractivity contribution is 5.69. The average Bonchev–Trinajstić information content (AvgIpc) is 2.47. The third kappa shape index (κ3) is 6.69. The van der Waals surface area contributed by atoms with Crippen molar-refractivity contribution in [3.8, 4) is 5.75 Å². The lowest BCUT2D eigenvalue weighted by molar-refractivity contribution is -0.144. The molecule has 0 saturated carbocycles. The monoisotopic (exact) mass is 350 g/mol. The fourth-order valence-corrected chi connectivity index (χ4v) is 3.67. The number of methoxy groups -OCH3 is 1. The van der Waals surface area contributed by atoms with E-state index in [2.05, 4.69) is 46.8 Å². The fourth-order valence-electron chi connectivity index (χ4n) is 3.67. The number of aryl methyl sites for hydroxylation is 2. The zero-order valence-electron chi connectivity index (χ0n) is 16.9. The van der Waals surface area contributed by atoms with E-state index in [1.165, 1.54) is 5.56 Å². The summed E-state index contributed by atoms with van der Waals surface area (Å²) >= 11 is 0. The van der Waals surface area contributed by atoms with Gasteiger partial charge < -0.3 is 14.6 Å². The molecule has 0 saturated heterocycles. The largest absolute Gasteiger partial charge is 0.496 e. The average molecular weight is 350 g/mol. The van der Waals surface area contributed by atoms with Crippen LogP contribution in [0.5, 0.6) is 5.75 Å². The van der Waals surface area contributed by atoms with Crippen LogP contribution in [-0.4, -0.2) is 31.4 Å². The van der Waals surface area contributed by atoms with Gasteiger partial charge >= 0.3 is 5.97 Å². The number of benzene rings is 1. The molecular formula is C21H34O4. The second-order valence-corrected chi connectivity index (χ2v) is 8.56. The summed E-state index contributed by atoms with van der Waals surface area (Å²) in [5, 5.41) is 8.72. The highest BCUT2D eigenvalue weighted by atomic mass is 16.5. The molecule has 1 rings (SSSR count). The Morgan fingerprint density at radius 3 is 2.32 bits per heavy atom. The summed E-state index contributed by atoms with van der Waals surface area (Å²) in [6, 6.07) is 4.24. The molecule has 0 spiro atoms. The molecule has 142 valence electrons. The van der Waals surface area contributed by atoms with Gasteiger partial charge in [-0.2, -0.15) is 0 Å². The molecule has 0 aliphatic heterocycles. The Labute approximate surface area is 152 Å². The van der Waals surface area contributed by atoms with E-state index in [4.69, 9.17) is 14.6 Å². The maximum absolute atomic E-state index is 11.7. The highest BCUT2D eigenvalue weighted by Gasteiger charge is 2.30. The molecule has 0 heterocycles. The highest BCUT2D eigenvalue weighted by Crippen LogP contribution is 2.42. The van der Waals surface area contributed by atoms with Gasteiger partial charge in [0.1, 0.15) is 12.4 Å². The van der Waals surface area contributed by atoms with Crippen molar-refractivity contribution < 1.29 is 19.4 Å². The van der Waals surface area contributed by atoms with Crippen molar-refractivity contribution in [2.24, 2.45) is 5.41 Å². The van der Waals surface area contributed by atoms with Crippen molar-refractivity contribution in [2.75, 3.05) is 20.3 Å². The minimum absolute atomic E-state index is 0.0399. The first-order valence-corrected chi connectivity index (χ1v) is 8.94. The minimum Gasteiger partial charge on any atom is -0.496 e. The molecule has 0 aliphatic rings. The lowest BCUT2D eigenvalue weighted by Gasteiger charge is -2.34. The third-order valence-electron chi connectivity index (χ3n) is 4.21. The maximum atomic E-state index is 11.7. The number of ether oxygens (including phenoxy) is 2. The number of hydrogen-bond acceptors (Lipinski definition) is 4. The molecule has 0 bridgehead atoms. The second-order valence-electron chi connectivity index (χ2n) is 8.56. The molecule has 25 heavy (non-hydrogen) atoms. The quantitative estimate of drug-likeness (QED) is 0.715. The van der Waals surface area contributed by atoms with Gasteiger partial charge in [0, 0.05) is 12.0 Å². The van der Waals surface area contributed by atoms with Gasteiger partial charge in [0.2, 0.25) is 0 Å². The molecule has 0 amide bonds. The summed E-state index contributed by atoms with van der Waals surface area (Å²) in [6.07, 6.45) is 1.95. The second kappa shape index (κ2) is 8.70. The van der Waals surface area contributed by atoms with E-state index in [1.807, 2.05) is 6.92 Å². The molecule has 0 aromatic heterocycles. The predicted molar refractivity (Wildman–Crippen MR) is 101 cm³/mol. The summed E-state index contributed by atoms with van der Waals surface area (Å²) in [6.45, 7) is 13.2. The Hall–Kier alpha value is -1.55. The fraction of sp³-hybridized carbons (Fsp3) is 0.667. The standard InChI is InChI=1S/C21H34O4/c1-15-12-16(8-9-18(23)25-11-10-22)13-17(19(15)24-7)21(5,6)14-20(2,3)4/h12-13,22H,8-11,14H2,1-7H3. The number of aliphatic hydroxyl groups excluding tert-OH is 1. The number of aliphatic hydroxyl groups is 1. The molecule has 0 atom stereocenters. The van der Waals surface area contributed by atoms with Gasteiger partial charge in [-0.15, -0.1) is 0 Å². The molecule has 4 nitrogen and oxygen atoms in total. The van der Waals surface area contributed by atoms with Crippen LogP contribution in [0.4, 0.5) is 0 Å². The van der Waals surface area contributed by atoms with E-state index in [0.29, 0.717) is 12.8 Å². The van der Waals surface area contributed by atoms with E-state index in [9.17, 15) is 4.79 Å². The maximum Gasteiger partial charge on any atom is 0.306 e. The Kier molecular flexibility index (Phi) is 7.48. The number of rotatable bonds is 8. The van der Waals surface area contributed by atoms with E-state index < -0.39 is 0 Å². The van der Waals surface area contributed by atoms with Crippen molar-refractivity contribution in [1.82, 2.24) is 0 Å². The van der Waals surface area contributed by atoms with Crippen LogP contribution in [-0.2, 0) is 21.4 Å². The van der Waals surface area contributed by atoms with Crippen LogP contribution in [0.3, 0.4) is 0 Å². The molecule has 1 N–H and O–H groups in total. The molecule has 0 unspecified atom stereocenters. The van der Waals surface area contributed by atoms with Crippen molar-refractivity contribution in [1.29, 1.82) is 0 Å². The van der Waals surface area contributed by atoms with E-state index in [-0.39, 0.29) is 30.0 Å². The summed E-state index contributed by atoms with van der Waals surface area (Å²) in [5.74, 6) is 0.652. The Morgan fingerprint density at radius 2 is 1.80 bits per heavy atom. The lowest BCUT2D eigenvalue weighted by Crippen LogP contribution is -2.26. The van der Waals surface area contributed by atoms with Gasteiger partial charge in [-0.25, -0.2) is 0 Å². The van der Waals surface area contributed by atoms with E-state index in [1.54, 1.807) is 7.11 Å². The molecule has 0 radical (unpaired) electrons. The van der Waals surface area contributed by atoms with Gasteiger partial charge in [-0.3, -0.25) is 4.79 Å². The third-order valence-corrected chi connectivity index (χ3v) is 4.21. The first-order chi connectivity index (χ1) is 11.5. The molecule has 4 heteroatoms. The molecule has 1 aromatic carbocycles. The summed E-state index contributed by atoms with van der Waals surface area (Å²) in [4.78, 5) is 11.7. The van der Waals surface area contributed by atoms with Crippen LogP contribution < -0.4 is 4.74 Å². The zero-order valence-corrected chi connectivity index (χ0v) is 16.9. The van der Waals surface area contributed by atoms with Crippen molar-refractivity contribution >= 4 is 5.97 Å². The van der Waals surface area contributed by atoms with E-state index >= 15 is 0 Å². The van der Waals surface area contributed by atoms with Crippen molar-refractivity contribution in [3.05, 3.63) is 28.8 Å². The predicted octanol–water partition coefficient (Wildman–Crippen LogP) is 4.19. The Bertz CT molecular complexity index is 582. The minimum atomic E-state index is -0.280. The number of esters is 1. The SMILES string of the molecule is COc1c(C)cc(CCC(=O)OCCO)cc1C(C)(C)CC(C)(C)C. The van der Waals surface area contributed by atoms with Gasteiger partial charge in [0.25, 0.3) is 0 Å². The normalized spacial score (nSPS) is 12.2. The smallest absolute Gasteiger partial charge is 0.306 e. The van der Waals surface area contributed by atoms with Gasteiger partial charge in [-0.1, -0.05) is 46.8 Å². The van der Waals surface area contributed by atoms with Crippen LogP contribution in [0.25, 0.3) is 0 Å². The Morgan fingerprint density at radius 1 is 1.16 bits per heavy atom. The zero-order chi connectivity index (χ0) is 19.3. The summed E-state index contributed by atoms with van der Waals surface area (Å²) in [5.41, 5.74) is 3.54. The van der Waals surface area contributed by atoms with Gasteiger partial charge in [0.15, 0.2) is 0 Å². The molecular weight excluding hydrogens is 316 g/mol. The van der Waals surface area contributed by atoms with Crippen LogP contribution in [0.15, 0.2) is 12.1 Å². The number of carbonyl (C=O) groups is 1. The lowest BCUT2D eigenvalue weighted by atomic mass is 9.71. The first-order valence-electron chi connectivity index (χ1n) is 8.94. The summed E-state index contributed by atoms with van der Waals surface area (Å²) < 4.78 is 10.6. The number of hydrogen-bond donors (Lipinski definition) is 1. The molecule has 0 aliphatic carbocycles. The van der Waals surface area contributed by atoms with Crippen LogP contribution in [0.1, 0.15) is 64.2 Å². The number of carbonyl (C=O) groups excluding carboxylic acids is 1. The summed E-state index contributed by atoms with van der Waals surface area (Å²) in [7, 11) is 1.71.